The molecule has 2 heterocycles. The van der Waals surface area contributed by atoms with Gasteiger partial charge in [-0.1, -0.05) is 48.0 Å². The summed E-state index contributed by atoms with van der Waals surface area (Å²) in [5, 5.41) is 8.58. The zero-order chi connectivity index (χ0) is 18.6. The van der Waals surface area contributed by atoms with Gasteiger partial charge in [0.05, 0.1) is 22.5 Å². The van der Waals surface area contributed by atoms with Crippen LogP contribution in [-0.2, 0) is 6.42 Å². The molecular weight excluding hydrogens is 360 g/mol. The standard InChI is InChI=1S/C21H17ClN4O/c22-20-14-18(17-8-4-5-9-19(17)24-20)21(27)23-12-10-15-11-13-26(25-15)16-6-2-1-3-7-16/h1-9,11,13-14H,10,12H2,(H,23,27). The molecule has 0 saturated carbocycles. The highest BCUT2D eigenvalue weighted by Crippen LogP contribution is 2.20. The lowest BCUT2D eigenvalue weighted by molar-refractivity contribution is 0.0955. The lowest BCUT2D eigenvalue weighted by atomic mass is 10.1. The van der Waals surface area contributed by atoms with E-state index in [1.165, 1.54) is 0 Å². The number of amides is 1. The number of rotatable bonds is 5. The van der Waals surface area contributed by atoms with E-state index in [-0.39, 0.29) is 5.91 Å². The predicted octanol–water partition coefficient (Wildman–Crippen LogP) is 4.05. The van der Waals surface area contributed by atoms with E-state index < -0.39 is 0 Å². The highest BCUT2D eigenvalue weighted by Gasteiger charge is 2.12. The maximum Gasteiger partial charge on any atom is 0.252 e. The number of aromatic nitrogens is 3. The molecule has 1 amide bonds. The van der Waals surface area contributed by atoms with Gasteiger partial charge in [0.15, 0.2) is 0 Å². The summed E-state index contributed by atoms with van der Waals surface area (Å²) in [7, 11) is 0. The van der Waals surface area contributed by atoms with Gasteiger partial charge in [0.25, 0.3) is 5.91 Å². The van der Waals surface area contributed by atoms with Crippen molar-refractivity contribution in [1.29, 1.82) is 0 Å². The van der Waals surface area contributed by atoms with E-state index in [2.05, 4.69) is 15.4 Å². The van der Waals surface area contributed by atoms with Crippen LogP contribution in [0.2, 0.25) is 5.15 Å². The molecule has 0 saturated heterocycles. The summed E-state index contributed by atoms with van der Waals surface area (Å²) < 4.78 is 1.83. The van der Waals surface area contributed by atoms with Crippen molar-refractivity contribution in [3.8, 4) is 5.69 Å². The molecule has 0 bridgehead atoms. The molecule has 0 aliphatic rings. The quantitative estimate of drug-likeness (QED) is 0.534. The third-order valence-electron chi connectivity index (χ3n) is 4.26. The molecule has 2 aromatic carbocycles. The van der Waals surface area contributed by atoms with Crippen LogP contribution >= 0.6 is 11.6 Å². The number of hydrogen-bond acceptors (Lipinski definition) is 3. The molecule has 0 fully saturated rings. The Morgan fingerprint density at radius 2 is 1.81 bits per heavy atom. The van der Waals surface area contributed by atoms with E-state index in [0.29, 0.717) is 29.2 Å². The van der Waals surface area contributed by atoms with Crippen molar-refractivity contribution >= 4 is 28.4 Å². The molecule has 134 valence electrons. The number of hydrogen-bond donors (Lipinski definition) is 1. The van der Waals surface area contributed by atoms with Crippen LogP contribution in [0.25, 0.3) is 16.6 Å². The second kappa shape index (κ2) is 7.60. The summed E-state index contributed by atoms with van der Waals surface area (Å²) >= 11 is 6.05. The van der Waals surface area contributed by atoms with E-state index >= 15 is 0 Å². The molecule has 0 unspecified atom stereocenters. The van der Waals surface area contributed by atoms with Crippen molar-refractivity contribution in [2.45, 2.75) is 6.42 Å². The summed E-state index contributed by atoms with van der Waals surface area (Å²) in [5.41, 5.74) is 3.15. The van der Waals surface area contributed by atoms with Gasteiger partial charge in [-0.3, -0.25) is 4.79 Å². The lowest BCUT2D eigenvalue weighted by Gasteiger charge is -2.08. The average Bonchev–Trinajstić information content (AvgIpc) is 3.17. The number of para-hydroxylation sites is 2. The second-order valence-corrected chi connectivity index (χ2v) is 6.49. The predicted molar refractivity (Wildman–Crippen MR) is 106 cm³/mol. The lowest BCUT2D eigenvalue weighted by Crippen LogP contribution is -2.26. The molecule has 0 spiro atoms. The van der Waals surface area contributed by atoms with Crippen LogP contribution in [0.3, 0.4) is 0 Å². The number of fused-ring (bicyclic) bond motifs is 1. The molecule has 2 aromatic heterocycles. The van der Waals surface area contributed by atoms with E-state index in [1.807, 2.05) is 71.5 Å². The first-order valence-electron chi connectivity index (χ1n) is 8.64. The Morgan fingerprint density at radius 1 is 1.04 bits per heavy atom. The van der Waals surface area contributed by atoms with Crippen LogP contribution in [0.1, 0.15) is 16.1 Å². The molecule has 5 nitrogen and oxygen atoms in total. The van der Waals surface area contributed by atoms with Gasteiger partial charge in [-0.25, -0.2) is 9.67 Å². The Bertz CT molecular complexity index is 1090. The highest BCUT2D eigenvalue weighted by molar-refractivity contribution is 6.30. The van der Waals surface area contributed by atoms with Gasteiger partial charge in [0.1, 0.15) is 5.15 Å². The summed E-state index contributed by atoms with van der Waals surface area (Å²) in [6.45, 7) is 0.485. The zero-order valence-corrected chi connectivity index (χ0v) is 15.2. The SMILES string of the molecule is O=C(NCCc1ccn(-c2ccccc2)n1)c1cc(Cl)nc2ccccc12. The molecular formula is C21H17ClN4O. The fourth-order valence-electron chi connectivity index (χ4n) is 2.95. The first kappa shape index (κ1) is 17.2. The molecule has 0 radical (unpaired) electrons. The topological polar surface area (TPSA) is 59.8 Å². The van der Waals surface area contributed by atoms with E-state index in [0.717, 1.165) is 16.8 Å². The molecule has 6 heteroatoms. The maximum atomic E-state index is 12.6. The van der Waals surface area contributed by atoms with Gasteiger partial charge >= 0.3 is 0 Å². The van der Waals surface area contributed by atoms with Crippen molar-refractivity contribution < 1.29 is 4.79 Å². The van der Waals surface area contributed by atoms with E-state index in [4.69, 9.17) is 11.6 Å². The van der Waals surface area contributed by atoms with Crippen LogP contribution < -0.4 is 5.32 Å². The monoisotopic (exact) mass is 376 g/mol. The molecule has 27 heavy (non-hydrogen) atoms. The fraction of sp³-hybridized carbons (Fsp3) is 0.0952. The average molecular weight is 377 g/mol. The van der Waals surface area contributed by atoms with Crippen molar-refractivity contribution in [3.05, 3.63) is 89.3 Å². The first-order valence-corrected chi connectivity index (χ1v) is 9.02. The normalized spacial score (nSPS) is 10.9. The Kier molecular flexibility index (Phi) is 4.85. The van der Waals surface area contributed by atoms with E-state index in [1.54, 1.807) is 6.07 Å². The minimum atomic E-state index is -0.169. The summed E-state index contributed by atoms with van der Waals surface area (Å²) in [6, 6.07) is 20.9. The second-order valence-electron chi connectivity index (χ2n) is 6.10. The van der Waals surface area contributed by atoms with Crippen LogP contribution in [0.5, 0.6) is 0 Å². The first-order chi connectivity index (χ1) is 13.2. The number of carbonyl (C=O) groups excluding carboxylic acids is 1. The van der Waals surface area contributed by atoms with Gasteiger partial charge in [-0.15, -0.1) is 0 Å². The molecule has 1 N–H and O–H groups in total. The van der Waals surface area contributed by atoms with Crippen LogP contribution in [0, 0.1) is 0 Å². The number of halogens is 1. The summed E-state index contributed by atoms with van der Waals surface area (Å²) in [6.07, 6.45) is 2.56. The Morgan fingerprint density at radius 3 is 2.67 bits per heavy atom. The number of pyridine rings is 1. The molecule has 0 atom stereocenters. The largest absolute Gasteiger partial charge is 0.352 e. The van der Waals surface area contributed by atoms with Gasteiger partial charge in [0.2, 0.25) is 0 Å². The summed E-state index contributed by atoms with van der Waals surface area (Å²) in [4.78, 5) is 16.9. The van der Waals surface area contributed by atoms with Gasteiger partial charge < -0.3 is 5.32 Å². The minimum Gasteiger partial charge on any atom is -0.352 e. The van der Waals surface area contributed by atoms with Crippen molar-refractivity contribution in [2.24, 2.45) is 0 Å². The van der Waals surface area contributed by atoms with Crippen molar-refractivity contribution in [2.75, 3.05) is 6.54 Å². The number of benzene rings is 2. The Labute approximate surface area is 161 Å². The van der Waals surface area contributed by atoms with Gasteiger partial charge in [0, 0.05) is 24.5 Å². The number of carbonyl (C=O) groups is 1. The Balaban J connectivity index is 1.43. The molecule has 0 aliphatic heterocycles. The highest BCUT2D eigenvalue weighted by atomic mass is 35.5. The van der Waals surface area contributed by atoms with Crippen molar-refractivity contribution in [3.63, 3.8) is 0 Å². The minimum absolute atomic E-state index is 0.169. The third-order valence-corrected chi connectivity index (χ3v) is 4.45. The molecule has 4 rings (SSSR count). The van der Waals surface area contributed by atoms with Crippen LogP contribution in [-0.4, -0.2) is 27.2 Å². The Hall–Kier alpha value is -3.18. The third kappa shape index (κ3) is 3.83. The van der Waals surface area contributed by atoms with E-state index in [9.17, 15) is 4.79 Å². The van der Waals surface area contributed by atoms with Crippen molar-refractivity contribution in [1.82, 2.24) is 20.1 Å². The van der Waals surface area contributed by atoms with Gasteiger partial charge in [-0.2, -0.15) is 5.10 Å². The molecule has 0 aliphatic carbocycles. The van der Waals surface area contributed by atoms with Crippen LogP contribution in [0.4, 0.5) is 0 Å². The number of nitrogens with one attached hydrogen (secondary N) is 1. The maximum absolute atomic E-state index is 12.6. The smallest absolute Gasteiger partial charge is 0.252 e. The van der Waals surface area contributed by atoms with Gasteiger partial charge in [-0.05, 0) is 30.3 Å². The molecule has 4 aromatic rings. The summed E-state index contributed by atoms with van der Waals surface area (Å²) in [5.74, 6) is -0.169. The van der Waals surface area contributed by atoms with Crippen LogP contribution in [0.15, 0.2) is 72.9 Å². The number of nitrogens with zero attached hydrogens (tertiary/aromatic N) is 3. The fourth-order valence-corrected chi connectivity index (χ4v) is 3.15. The zero-order valence-electron chi connectivity index (χ0n) is 14.5.